The van der Waals surface area contributed by atoms with Gasteiger partial charge in [-0.05, 0) is 36.6 Å². The van der Waals surface area contributed by atoms with Gasteiger partial charge in [-0.1, -0.05) is 54.8 Å². The molecular weight excluding hydrogens is 336 g/mol. The summed E-state index contributed by atoms with van der Waals surface area (Å²) in [4.78, 5) is 12.9. The van der Waals surface area contributed by atoms with Crippen molar-refractivity contribution in [3.63, 3.8) is 0 Å². The summed E-state index contributed by atoms with van der Waals surface area (Å²) in [6.07, 6.45) is 4.67. The van der Waals surface area contributed by atoms with Crippen LogP contribution in [-0.2, 0) is 4.79 Å². The van der Waals surface area contributed by atoms with Crippen molar-refractivity contribution in [3.8, 4) is 5.75 Å². The molecule has 1 fully saturated rings. The molecule has 0 heterocycles. The van der Waals surface area contributed by atoms with E-state index in [1.165, 1.54) is 12.8 Å². The number of hydrogen-bond donors (Lipinski definition) is 2. The number of anilines is 1. The zero-order chi connectivity index (χ0) is 17.6. The number of nitrogens with one attached hydrogen (secondary N) is 2. The highest BCUT2D eigenvalue weighted by atomic mass is 35.5. The summed E-state index contributed by atoms with van der Waals surface area (Å²) in [5.74, 6) is 0.502. The second-order valence-electron chi connectivity index (χ2n) is 6.33. The lowest BCUT2D eigenvalue weighted by Gasteiger charge is -2.23. The SMILES string of the molecule is COc1ccc(NC(=O)C(NC2CCCC2)c2ccccc2)cc1Cl. The van der Waals surface area contributed by atoms with Crippen molar-refractivity contribution in [2.45, 2.75) is 37.8 Å². The smallest absolute Gasteiger partial charge is 0.246 e. The van der Waals surface area contributed by atoms with Crippen LogP contribution in [0.15, 0.2) is 48.5 Å². The number of methoxy groups -OCH3 is 1. The highest BCUT2D eigenvalue weighted by Crippen LogP contribution is 2.28. The Balaban J connectivity index is 1.77. The molecule has 1 saturated carbocycles. The molecule has 132 valence electrons. The van der Waals surface area contributed by atoms with Gasteiger partial charge in [0.1, 0.15) is 11.8 Å². The summed E-state index contributed by atoms with van der Waals surface area (Å²) in [7, 11) is 1.57. The first-order chi connectivity index (χ1) is 12.2. The van der Waals surface area contributed by atoms with E-state index in [2.05, 4.69) is 10.6 Å². The molecule has 2 aromatic carbocycles. The van der Waals surface area contributed by atoms with E-state index < -0.39 is 0 Å². The predicted octanol–water partition coefficient (Wildman–Crippen LogP) is 4.56. The molecule has 1 unspecified atom stereocenters. The molecule has 1 aliphatic carbocycles. The van der Waals surface area contributed by atoms with Crippen LogP contribution in [0.3, 0.4) is 0 Å². The van der Waals surface area contributed by atoms with Crippen LogP contribution in [0, 0.1) is 0 Å². The van der Waals surface area contributed by atoms with Gasteiger partial charge in [0.05, 0.1) is 12.1 Å². The van der Waals surface area contributed by atoms with E-state index in [0.717, 1.165) is 18.4 Å². The number of carbonyl (C=O) groups excluding carboxylic acids is 1. The second kappa shape index (κ2) is 8.37. The third kappa shape index (κ3) is 4.53. The highest BCUT2D eigenvalue weighted by Gasteiger charge is 2.25. The lowest BCUT2D eigenvalue weighted by molar-refractivity contribution is -0.118. The number of benzene rings is 2. The van der Waals surface area contributed by atoms with E-state index in [9.17, 15) is 4.79 Å². The van der Waals surface area contributed by atoms with Gasteiger partial charge in [0.15, 0.2) is 0 Å². The van der Waals surface area contributed by atoms with E-state index >= 15 is 0 Å². The fraction of sp³-hybridized carbons (Fsp3) is 0.350. The van der Waals surface area contributed by atoms with Crippen LogP contribution in [0.2, 0.25) is 5.02 Å². The van der Waals surface area contributed by atoms with E-state index in [1.807, 2.05) is 30.3 Å². The normalized spacial score (nSPS) is 15.8. The Labute approximate surface area is 153 Å². The lowest BCUT2D eigenvalue weighted by atomic mass is 10.0. The van der Waals surface area contributed by atoms with Crippen LogP contribution in [-0.4, -0.2) is 19.1 Å². The number of ether oxygens (including phenoxy) is 1. The largest absolute Gasteiger partial charge is 0.495 e. The molecule has 0 bridgehead atoms. The molecule has 0 radical (unpaired) electrons. The van der Waals surface area contributed by atoms with Crippen molar-refractivity contribution in [2.24, 2.45) is 0 Å². The van der Waals surface area contributed by atoms with Gasteiger partial charge < -0.3 is 10.1 Å². The first-order valence-electron chi connectivity index (χ1n) is 8.63. The van der Waals surface area contributed by atoms with Gasteiger partial charge in [-0.25, -0.2) is 0 Å². The standard InChI is InChI=1S/C20H23ClN2O2/c1-25-18-12-11-16(13-17(18)21)23-20(24)19(14-7-3-2-4-8-14)22-15-9-5-6-10-15/h2-4,7-8,11-13,15,19,22H,5-6,9-10H2,1H3,(H,23,24). The summed E-state index contributed by atoms with van der Waals surface area (Å²) in [5, 5.41) is 6.96. The van der Waals surface area contributed by atoms with Crippen molar-refractivity contribution < 1.29 is 9.53 Å². The van der Waals surface area contributed by atoms with Crippen LogP contribution < -0.4 is 15.4 Å². The molecule has 0 aromatic heterocycles. The topological polar surface area (TPSA) is 50.4 Å². The van der Waals surface area contributed by atoms with E-state index in [1.54, 1.807) is 25.3 Å². The average Bonchev–Trinajstić information content (AvgIpc) is 3.14. The summed E-state index contributed by atoms with van der Waals surface area (Å²) >= 11 is 6.16. The third-order valence-electron chi connectivity index (χ3n) is 4.57. The molecule has 1 amide bonds. The Morgan fingerprint density at radius 3 is 2.52 bits per heavy atom. The Morgan fingerprint density at radius 1 is 1.16 bits per heavy atom. The quantitative estimate of drug-likeness (QED) is 0.795. The van der Waals surface area contributed by atoms with Crippen molar-refractivity contribution >= 4 is 23.2 Å². The molecule has 2 aromatic rings. The van der Waals surface area contributed by atoms with Crippen LogP contribution >= 0.6 is 11.6 Å². The minimum atomic E-state index is -0.384. The Kier molecular flexibility index (Phi) is 5.95. The minimum Gasteiger partial charge on any atom is -0.495 e. The molecule has 0 aliphatic heterocycles. The van der Waals surface area contributed by atoms with Gasteiger partial charge in [-0.2, -0.15) is 0 Å². The van der Waals surface area contributed by atoms with E-state index in [4.69, 9.17) is 16.3 Å². The van der Waals surface area contributed by atoms with Gasteiger partial charge in [0.2, 0.25) is 5.91 Å². The fourth-order valence-electron chi connectivity index (χ4n) is 3.26. The zero-order valence-electron chi connectivity index (χ0n) is 14.3. The number of hydrogen-bond acceptors (Lipinski definition) is 3. The number of carbonyl (C=O) groups is 1. The maximum Gasteiger partial charge on any atom is 0.246 e. The van der Waals surface area contributed by atoms with Gasteiger partial charge in [-0.15, -0.1) is 0 Å². The molecule has 5 heteroatoms. The molecule has 0 spiro atoms. The predicted molar refractivity (Wildman–Crippen MR) is 101 cm³/mol. The van der Waals surface area contributed by atoms with E-state index in [-0.39, 0.29) is 11.9 Å². The van der Waals surface area contributed by atoms with E-state index in [0.29, 0.717) is 22.5 Å². The maximum atomic E-state index is 12.9. The summed E-state index contributed by atoms with van der Waals surface area (Å²) in [6.45, 7) is 0. The zero-order valence-corrected chi connectivity index (χ0v) is 15.1. The van der Waals surface area contributed by atoms with Gasteiger partial charge in [0, 0.05) is 11.7 Å². The third-order valence-corrected chi connectivity index (χ3v) is 4.87. The average molecular weight is 359 g/mol. The summed E-state index contributed by atoms with van der Waals surface area (Å²) in [6, 6.07) is 15.1. The molecule has 4 nitrogen and oxygen atoms in total. The molecule has 0 saturated heterocycles. The van der Waals surface area contributed by atoms with Crippen LogP contribution in [0.4, 0.5) is 5.69 Å². The Hall–Kier alpha value is -2.04. The number of rotatable bonds is 6. The highest BCUT2D eigenvalue weighted by molar-refractivity contribution is 6.32. The van der Waals surface area contributed by atoms with Gasteiger partial charge in [0.25, 0.3) is 0 Å². The summed E-state index contributed by atoms with van der Waals surface area (Å²) in [5.41, 5.74) is 1.62. The molecule has 25 heavy (non-hydrogen) atoms. The molecule has 3 rings (SSSR count). The first-order valence-corrected chi connectivity index (χ1v) is 9.00. The maximum absolute atomic E-state index is 12.9. The Morgan fingerprint density at radius 2 is 1.88 bits per heavy atom. The van der Waals surface area contributed by atoms with Crippen LogP contribution in [0.5, 0.6) is 5.75 Å². The van der Waals surface area contributed by atoms with Crippen molar-refractivity contribution in [1.29, 1.82) is 0 Å². The monoisotopic (exact) mass is 358 g/mol. The molecule has 2 N–H and O–H groups in total. The van der Waals surface area contributed by atoms with Crippen LogP contribution in [0.25, 0.3) is 0 Å². The van der Waals surface area contributed by atoms with Crippen molar-refractivity contribution in [2.75, 3.05) is 12.4 Å². The van der Waals surface area contributed by atoms with Gasteiger partial charge in [-0.3, -0.25) is 10.1 Å². The van der Waals surface area contributed by atoms with Crippen molar-refractivity contribution in [3.05, 3.63) is 59.1 Å². The number of halogens is 1. The molecule has 1 aliphatic rings. The summed E-state index contributed by atoms with van der Waals surface area (Å²) < 4.78 is 5.15. The van der Waals surface area contributed by atoms with Crippen LogP contribution in [0.1, 0.15) is 37.3 Å². The second-order valence-corrected chi connectivity index (χ2v) is 6.74. The van der Waals surface area contributed by atoms with Gasteiger partial charge >= 0.3 is 0 Å². The lowest BCUT2D eigenvalue weighted by Crippen LogP contribution is -2.38. The minimum absolute atomic E-state index is 0.0840. The fourth-order valence-corrected chi connectivity index (χ4v) is 3.51. The van der Waals surface area contributed by atoms with Crippen molar-refractivity contribution in [1.82, 2.24) is 5.32 Å². The molecule has 1 atom stereocenters. The number of amides is 1. The molecular formula is C20H23ClN2O2. The first kappa shape index (κ1) is 17.8. The Bertz CT molecular complexity index is 715.